The Labute approximate surface area is 113 Å². The number of carbonyl (C=O) groups excluding carboxylic acids is 1. The van der Waals surface area contributed by atoms with Crippen LogP contribution in [0, 0.1) is 18.7 Å². The topological polar surface area (TPSA) is 29.1 Å². The van der Waals surface area contributed by atoms with E-state index in [9.17, 15) is 9.18 Å². The minimum Gasteiger partial charge on any atom is -0.352 e. The van der Waals surface area contributed by atoms with E-state index in [0.29, 0.717) is 29.5 Å². The molecular formula is C14H19ClFNO. The van der Waals surface area contributed by atoms with E-state index in [0.717, 1.165) is 12.8 Å². The average Bonchev–Trinajstić information content (AvgIpc) is 2.37. The highest BCUT2D eigenvalue weighted by Crippen LogP contribution is 2.09. The highest BCUT2D eigenvalue weighted by molar-refractivity contribution is 6.18. The van der Waals surface area contributed by atoms with Crippen LogP contribution in [0.15, 0.2) is 18.2 Å². The van der Waals surface area contributed by atoms with Crippen molar-refractivity contribution >= 4 is 17.5 Å². The Morgan fingerprint density at radius 2 is 2.22 bits per heavy atom. The fourth-order valence-electron chi connectivity index (χ4n) is 1.62. The van der Waals surface area contributed by atoms with E-state index in [4.69, 9.17) is 11.6 Å². The zero-order valence-corrected chi connectivity index (χ0v) is 11.6. The maximum Gasteiger partial charge on any atom is 0.251 e. The number of rotatable bonds is 6. The molecule has 0 aliphatic rings. The summed E-state index contributed by atoms with van der Waals surface area (Å²) in [6.45, 7) is 4.35. The van der Waals surface area contributed by atoms with E-state index in [2.05, 4.69) is 12.2 Å². The fraction of sp³-hybridized carbons (Fsp3) is 0.500. The van der Waals surface area contributed by atoms with Crippen LogP contribution >= 0.6 is 11.6 Å². The Balaban J connectivity index is 2.39. The van der Waals surface area contributed by atoms with Gasteiger partial charge in [0.2, 0.25) is 0 Å². The Kier molecular flexibility index (Phi) is 6.13. The highest BCUT2D eigenvalue weighted by Gasteiger charge is 2.07. The number of carbonyl (C=O) groups is 1. The van der Waals surface area contributed by atoms with Crippen molar-refractivity contribution in [2.24, 2.45) is 5.92 Å². The molecule has 0 aliphatic carbocycles. The first-order chi connectivity index (χ1) is 8.54. The molecule has 1 atom stereocenters. The lowest BCUT2D eigenvalue weighted by atomic mass is 10.1. The van der Waals surface area contributed by atoms with Crippen LogP contribution in [0.3, 0.4) is 0 Å². The zero-order chi connectivity index (χ0) is 13.5. The zero-order valence-electron chi connectivity index (χ0n) is 10.8. The number of hydrogen-bond acceptors (Lipinski definition) is 1. The van der Waals surface area contributed by atoms with E-state index in [1.807, 2.05) is 0 Å². The molecule has 100 valence electrons. The molecule has 1 N–H and O–H groups in total. The molecule has 2 nitrogen and oxygen atoms in total. The third kappa shape index (κ3) is 4.65. The van der Waals surface area contributed by atoms with Crippen molar-refractivity contribution in [1.82, 2.24) is 5.32 Å². The van der Waals surface area contributed by atoms with Gasteiger partial charge in [-0.1, -0.05) is 6.92 Å². The molecule has 0 saturated carbocycles. The summed E-state index contributed by atoms with van der Waals surface area (Å²) in [5.74, 6) is 0.668. The van der Waals surface area contributed by atoms with Crippen molar-refractivity contribution in [2.45, 2.75) is 26.7 Å². The Hall–Kier alpha value is -1.09. The van der Waals surface area contributed by atoms with Crippen molar-refractivity contribution < 1.29 is 9.18 Å². The Morgan fingerprint density at radius 1 is 1.50 bits per heavy atom. The van der Waals surface area contributed by atoms with Gasteiger partial charge in [0.1, 0.15) is 5.82 Å². The van der Waals surface area contributed by atoms with E-state index in [-0.39, 0.29) is 11.7 Å². The number of benzene rings is 1. The SMILES string of the molecule is Cc1cc(C(=O)NCCCC(C)CCl)ccc1F. The van der Waals surface area contributed by atoms with Crippen molar-refractivity contribution in [3.63, 3.8) is 0 Å². The predicted molar refractivity (Wildman–Crippen MR) is 72.6 cm³/mol. The molecule has 0 aromatic heterocycles. The van der Waals surface area contributed by atoms with Crippen molar-refractivity contribution in [3.8, 4) is 0 Å². The van der Waals surface area contributed by atoms with E-state index < -0.39 is 0 Å². The van der Waals surface area contributed by atoms with Crippen LogP contribution in [0.4, 0.5) is 4.39 Å². The minimum absolute atomic E-state index is 0.156. The van der Waals surface area contributed by atoms with Gasteiger partial charge in [0.05, 0.1) is 0 Å². The first kappa shape index (κ1) is 15.0. The van der Waals surface area contributed by atoms with Crippen molar-refractivity contribution in [3.05, 3.63) is 35.1 Å². The summed E-state index contributed by atoms with van der Waals surface area (Å²) >= 11 is 5.70. The highest BCUT2D eigenvalue weighted by atomic mass is 35.5. The van der Waals surface area contributed by atoms with Crippen LogP contribution in [0.1, 0.15) is 35.7 Å². The number of halogens is 2. The molecule has 0 bridgehead atoms. The van der Waals surface area contributed by atoms with Crippen LogP contribution in [0.2, 0.25) is 0 Å². The molecule has 0 radical (unpaired) electrons. The summed E-state index contributed by atoms with van der Waals surface area (Å²) in [6, 6.07) is 4.38. The Morgan fingerprint density at radius 3 is 2.83 bits per heavy atom. The van der Waals surface area contributed by atoms with E-state index in [1.165, 1.54) is 12.1 Å². The van der Waals surface area contributed by atoms with Crippen molar-refractivity contribution in [2.75, 3.05) is 12.4 Å². The molecule has 0 aliphatic heterocycles. The van der Waals surface area contributed by atoms with Gasteiger partial charge in [-0.3, -0.25) is 4.79 Å². The molecule has 1 amide bonds. The number of hydrogen-bond donors (Lipinski definition) is 1. The second-order valence-corrected chi connectivity index (χ2v) is 4.93. The summed E-state index contributed by atoms with van der Waals surface area (Å²) in [5, 5.41) is 2.82. The van der Waals surface area contributed by atoms with Crippen LogP contribution in [0.25, 0.3) is 0 Å². The van der Waals surface area contributed by atoms with Crippen LogP contribution in [0.5, 0.6) is 0 Å². The molecule has 18 heavy (non-hydrogen) atoms. The maximum atomic E-state index is 13.1. The third-order valence-electron chi connectivity index (χ3n) is 2.84. The molecule has 1 aromatic rings. The number of alkyl halides is 1. The first-order valence-electron chi connectivity index (χ1n) is 6.15. The van der Waals surface area contributed by atoms with Gasteiger partial charge in [-0.15, -0.1) is 11.6 Å². The molecule has 0 heterocycles. The second kappa shape index (κ2) is 7.37. The first-order valence-corrected chi connectivity index (χ1v) is 6.68. The van der Waals surface area contributed by atoms with Gasteiger partial charge in [0, 0.05) is 18.0 Å². The Bertz CT molecular complexity index is 409. The van der Waals surface area contributed by atoms with Gasteiger partial charge in [-0.25, -0.2) is 4.39 Å². The summed E-state index contributed by atoms with van der Waals surface area (Å²) < 4.78 is 13.1. The van der Waals surface area contributed by atoms with Crippen LogP contribution < -0.4 is 5.32 Å². The lowest BCUT2D eigenvalue weighted by Crippen LogP contribution is -2.24. The molecule has 1 rings (SSSR count). The van der Waals surface area contributed by atoms with Gasteiger partial charge in [0.15, 0.2) is 0 Å². The number of nitrogens with one attached hydrogen (secondary N) is 1. The van der Waals surface area contributed by atoms with Gasteiger partial charge >= 0.3 is 0 Å². The smallest absolute Gasteiger partial charge is 0.251 e. The summed E-state index contributed by atoms with van der Waals surface area (Å²) in [4.78, 5) is 11.8. The summed E-state index contributed by atoms with van der Waals surface area (Å²) in [5.41, 5.74) is 0.984. The minimum atomic E-state index is -0.289. The van der Waals surface area contributed by atoms with Crippen LogP contribution in [-0.2, 0) is 0 Å². The lowest BCUT2D eigenvalue weighted by molar-refractivity contribution is 0.0952. The van der Waals surface area contributed by atoms with Gasteiger partial charge < -0.3 is 5.32 Å². The molecule has 4 heteroatoms. The number of amides is 1. The molecule has 1 unspecified atom stereocenters. The van der Waals surface area contributed by atoms with E-state index >= 15 is 0 Å². The lowest BCUT2D eigenvalue weighted by Gasteiger charge is -2.08. The monoisotopic (exact) mass is 271 g/mol. The molecular weight excluding hydrogens is 253 g/mol. The van der Waals surface area contributed by atoms with Gasteiger partial charge in [0.25, 0.3) is 5.91 Å². The van der Waals surface area contributed by atoms with Gasteiger partial charge in [-0.2, -0.15) is 0 Å². The van der Waals surface area contributed by atoms with E-state index in [1.54, 1.807) is 13.0 Å². The quantitative estimate of drug-likeness (QED) is 0.622. The summed E-state index contributed by atoms with van der Waals surface area (Å²) in [6.07, 6.45) is 1.89. The molecule has 1 aromatic carbocycles. The maximum absolute atomic E-state index is 13.1. The third-order valence-corrected chi connectivity index (χ3v) is 3.37. The van der Waals surface area contributed by atoms with Crippen molar-refractivity contribution in [1.29, 1.82) is 0 Å². The largest absolute Gasteiger partial charge is 0.352 e. The van der Waals surface area contributed by atoms with Gasteiger partial charge in [-0.05, 0) is 49.4 Å². The fourth-order valence-corrected chi connectivity index (χ4v) is 1.77. The molecule has 0 spiro atoms. The molecule has 0 fully saturated rings. The summed E-state index contributed by atoms with van der Waals surface area (Å²) in [7, 11) is 0. The standard InChI is InChI=1S/C14H19ClFNO/c1-10(9-15)4-3-7-17-14(18)12-5-6-13(16)11(2)8-12/h5-6,8,10H,3-4,7,9H2,1-2H3,(H,17,18). The number of aryl methyl sites for hydroxylation is 1. The second-order valence-electron chi connectivity index (χ2n) is 4.62. The average molecular weight is 272 g/mol. The molecule has 0 saturated heterocycles. The van der Waals surface area contributed by atoms with Crippen LogP contribution in [-0.4, -0.2) is 18.3 Å². The predicted octanol–water partition coefficient (Wildman–Crippen LogP) is 3.52. The normalized spacial score (nSPS) is 12.2.